The minimum Gasteiger partial charge on any atom is -0.393 e. The molecule has 1 fully saturated rings. The zero-order valence-corrected chi connectivity index (χ0v) is 9.30. The largest absolute Gasteiger partial charge is 0.393 e. The van der Waals surface area contributed by atoms with Gasteiger partial charge in [0.2, 0.25) is 5.91 Å². The van der Waals surface area contributed by atoms with Crippen LogP contribution < -0.4 is 0 Å². The first-order valence-electron chi connectivity index (χ1n) is 5.75. The number of benzene rings is 1. The Balaban J connectivity index is 2.00. The Morgan fingerprint density at radius 3 is 2.75 bits per heavy atom. The maximum absolute atomic E-state index is 11.8. The van der Waals surface area contributed by atoms with Crippen molar-refractivity contribution in [1.82, 2.24) is 4.90 Å². The summed E-state index contributed by atoms with van der Waals surface area (Å²) in [6.07, 6.45) is 1.45. The second kappa shape index (κ2) is 5.12. The third-order valence-electron chi connectivity index (χ3n) is 2.99. The minimum atomic E-state index is -0.315. The molecule has 2 rings (SSSR count). The number of hydrogen-bond acceptors (Lipinski definition) is 2. The molecule has 1 heterocycles. The van der Waals surface area contributed by atoms with E-state index in [1.807, 2.05) is 35.2 Å². The van der Waals surface area contributed by atoms with E-state index in [1.165, 1.54) is 0 Å². The molecule has 1 aromatic carbocycles. The zero-order chi connectivity index (χ0) is 11.4. The number of hydrogen-bond donors (Lipinski definition) is 1. The van der Waals surface area contributed by atoms with Gasteiger partial charge in [-0.1, -0.05) is 30.3 Å². The van der Waals surface area contributed by atoms with Crippen molar-refractivity contribution in [2.45, 2.75) is 31.9 Å². The Morgan fingerprint density at radius 1 is 1.25 bits per heavy atom. The standard InChI is InChI=1S/C13H17NO2/c15-12-6-7-13(16)14(9-8-12)10-11-4-2-1-3-5-11/h1-5,12,15H,6-10H2/t12-/m0/s1. The summed E-state index contributed by atoms with van der Waals surface area (Å²) in [5.41, 5.74) is 1.15. The summed E-state index contributed by atoms with van der Waals surface area (Å²) in [6.45, 7) is 1.32. The second-order valence-electron chi connectivity index (χ2n) is 4.28. The molecule has 1 amide bonds. The third kappa shape index (κ3) is 2.83. The normalized spacial score (nSPS) is 21.9. The van der Waals surface area contributed by atoms with Crippen molar-refractivity contribution in [3.8, 4) is 0 Å². The summed E-state index contributed by atoms with van der Waals surface area (Å²) >= 11 is 0. The van der Waals surface area contributed by atoms with Gasteiger partial charge in [0.15, 0.2) is 0 Å². The topological polar surface area (TPSA) is 40.5 Å². The Labute approximate surface area is 95.7 Å². The third-order valence-corrected chi connectivity index (χ3v) is 2.99. The van der Waals surface area contributed by atoms with Crippen LogP contribution in [0.3, 0.4) is 0 Å². The molecule has 0 radical (unpaired) electrons. The quantitative estimate of drug-likeness (QED) is 0.820. The van der Waals surface area contributed by atoms with E-state index in [1.54, 1.807) is 0 Å². The number of nitrogens with zero attached hydrogens (tertiary/aromatic N) is 1. The maximum Gasteiger partial charge on any atom is 0.222 e. The maximum atomic E-state index is 11.8. The van der Waals surface area contributed by atoms with Crippen LogP contribution >= 0.6 is 0 Å². The molecule has 1 aromatic rings. The Hall–Kier alpha value is -1.35. The fourth-order valence-corrected chi connectivity index (χ4v) is 1.99. The van der Waals surface area contributed by atoms with E-state index in [9.17, 15) is 9.90 Å². The molecule has 0 aromatic heterocycles. The highest BCUT2D eigenvalue weighted by Gasteiger charge is 2.20. The summed E-state index contributed by atoms with van der Waals surface area (Å²) in [7, 11) is 0. The molecule has 1 N–H and O–H groups in total. The monoisotopic (exact) mass is 219 g/mol. The van der Waals surface area contributed by atoms with Gasteiger partial charge in [-0.3, -0.25) is 4.79 Å². The average molecular weight is 219 g/mol. The van der Waals surface area contributed by atoms with Crippen molar-refractivity contribution in [3.05, 3.63) is 35.9 Å². The van der Waals surface area contributed by atoms with Gasteiger partial charge in [-0.2, -0.15) is 0 Å². The van der Waals surface area contributed by atoms with E-state index in [0.29, 0.717) is 32.4 Å². The SMILES string of the molecule is O=C1CC[C@H](O)CCN1Cc1ccccc1. The van der Waals surface area contributed by atoms with E-state index < -0.39 is 0 Å². The van der Waals surface area contributed by atoms with Crippen molar-refractivity contribution in [2.75, 3.05) is 6.54 Å². The van der Waals surface area contributed by atoms with Gasteiger partial charge >= 0.3 is 0 Å². The molecule has 0 saturated carbocycles. The van der Waals surface area contributed by atoms with E-state index in [0.717, 1.165) is 5.56 Å². The highest BCUT2D eigenvalue weighted by atomic mass is 16.3. The summed E-state index contributed by atoms with van der Waals surface area (Å²) in [4.78, 5) is 13.6. The highest BCUT2D eigenvalue weighted by Crippen LogP contribution is 2.14. The number of rotatable bonds is 2. The fourth-order valence-electron chi connectivity index (χ4n) is 1.99. The molecule has 1 aliphatic rings. The lowest BCUT2D eigenvalue weighted by Gasteiger charge is -2.20. The minimum absolute atomic E-state index is 0.153. The van der Waals surface area contributed by atoms with Crippen molar-refractivity contribution in [3.63, 3.8) is 0 Å². The number of aliphatic hydroxyl groups is 1. The molecule has 86 valence electrons. The molecule has 0 unspecified atom stereocenters. The van der Waals surface area contributed by atoms with E-state index in [-0.39, 0.29) is 12.0 Å². The summed E-state index contributed by atoms with van der Waals surface area (Å²) in [5.74, 6) is 0.153. The smallest absolute Gasteiger partial charge is 0.222 e. The lowest BCUT2D eigenvalue weighted by Crippen LogP contribution is -2.29. The van der Waals surface area contributed by atoms with Crippen LogP contribution in [0, 0.1) is 0 Å². The number of aliphatic hydroxyl groups excluding tert-OH is 1. The van der Waals surface area contributed by atoms with Crippen molar-refractivity contribution in [2.24, 2.45) is 0 Å². The van der Waals surface area contributed by atoms with Crippen molar-refractivity contribution in [1.29, 1.82) is 0 Å². The number of amides is 1. The van der Waals surface area contributed by atoms with E-state index >= 15 is 0 Å². The molecule has 3 nitrogen and oxygen atoms in total. The van der Waals surface area contributed by atoms with Gasteiger partial charge < -0.3 is 10.0 Å². The van der Waals surface area contributed by atoms with Crippen LogP contribution in [0.15, 0.2) is 30.3 Å². The molecule has 0 aliphatic carbocycles. The molecular formula is C13H17NO2. The van der Waals surface area contributed by atoms with E-state index in [4.69, 9.17) is 0 Å². The van der Waals surface area contributed by atoms with Gasteiger partial charge in [0.05, 0.1) is 6.10 Å². The predicted octanol–water partition coefficient (Wildman–Crippen LogP) is 1.56. The number of carbonyl (C=O) groups excluding carboxylic acids is 1. The van der Waals surface area contributed by atoms with Crippen LogP contribution in [0.5, 0.6) is 0 Å². The molecule has 1 aliphatic heterocycles. The van der Waals surface area contributed by atoms with Gasteiger partial charge in [-0.25, -0.2) is 0 Å². The van der Waals surface area contributed by atoms with Crippen LogP contribution in [0.4, 0.5) is 0 Å². The Kier molecular flexibility index (Phi) is 3.57. The fraction of sp³-hybridized carbons (Fsp3) is 0.462. The highest BCUT2D eigenvalue weighted by molar-refractivity contribution is 5.76. The summed E-state index contributed by atoms with van der Waals surface area (Å²) in [5, 5.41) is 9.51. The number of carbonyl (C=O) groups is 1. The molecule has 0 spiro atoms. The lowest BCUT2D eigenvalue weighted by atomic mass is 10.2. The van der Waals surface area contributed by atoms with Crippen molar-refractivity contribution < 1.29 is 9.90 Å². The number of likely N-dealkylation sites (tertiary alicyclic amines) is 1. The van der Waals surface area contributed by atoms with Gasteiger partial charge in [0, 0.05) is 19.5 Å². The predicted molar refractivity (Wildman–Crippen MR) is 61.7 cm³/mol. The van der Waals surface area contributed by atoms with Crippen LogP contribution in [0.25, 0.3) is 0 Å². The molecule has 1 atom stereocenters. The first-order chi connectivity index (χ1) is 7.75. The van der Waals surface area contributed by atoms with Crippen molar-refractivity contribution >= 4 is 5.91 Å². The van der Waals surface area contributed by atoms with Crippen LogP contribution in [0.1, 0.15) is 24.8 Å². The molecule has 3 heteroatoms. The van der Waals surface area contributed by atoms with E-state index in [2.05, 4.69) is 0 Å². The molecule has 16 heavy (non-hydrogen) atoms. The summed E-state index contributed by atoms with van der Waals surface area (Å²) in [6, 6.07) is 9.97. The zero-order valence-electron chi connectivity index (χ0n) is 9.30. The van der Waals surface area contributed by atoms with Crippen LogP contribution in [-0.4, -0.2) is 28.6 Å². The van der Waals surface area contributed by atoms with Crippen LogP contribution in [-0.2, 0) is 11.3 Å². The molecule has 1 saturated heterocycles. The van der Waals surface area contributed by atoms with Gasteiger partial charge in [0.1, 0.15) is 0 Å². The average Bonchev–Trinajstić information content (AvgIpc) is 2.46. The van der Waals surface area contributed by atoms with Crippen LogP contribution in [0.2, 0.25) is 0 Å². The first kappa shape index (κ1) is 11.1. The van der Waals surface area contributed by atoms with Gasteiger partial charge in [0.25, 0.3) is 0 Å². The van der Waals surface area contributed by atoms with Gasteiger partial charge in [-0.05, 0) is 18.4 Å². The second-order valence-corrected chi connectivity index (χ2v) is 4.28. The molecular weight excluding hydrogens is 202 g/mol. The Morgan fingerprint density at radius 2 is 2.00 bits per heavy atom. The van der Waals surface area contributed by atoms with Gasteiger partial charge in [-0.15, -0.1) is 0 Å². The lowest BCUT2D eigenvalue weighted by molar-refractivity contribution is -0.131. The molecule has 0 bridgehead atoms. The Bertz CT molecular complexity index is 350. The summed E-state index contributed by atoms with van der Waals surface area (Å²) < 4.78 is 0. The first-order valence-corrected chi connectivity index (χ1v) is 5.75.